The molecule has 0 atom stereocenters. The van der Waals surface area contributed by atoms with Crippen molar-refractivity contribution in [3.05, 3.63) is 59.3 Å². The van der Waals surface area contributed by atoms with Gasteiger partial charge in [-0.1, -0.05) is 37.5 Å². The van der Waals surface area contributed by atoms with Gasteiger partial charge in [-0.2, -0.15) is 0 Å². The fourth-order valence-electron chi connectivity index (χ4n) is 3.64. The molecule has 0 spiro atoms. The molecule has 3 nitrogen and oxygen atoms in total. The first-order chi connectivity index (χ1) is 12.3. The Labute approximate surface area is 147 Å². The summed E-state index contributed by atoms with van der Waals surface area (Å²) in [6.45, 7) is 0. The van der Waals surface area contributed by atoms with Gasteiger partial charge in [0.2, 0.25) is 0 Å². The molecule has 1 aromatic heterocycles. The molecule has 0 saturated heterocycles. The Hall–Kier alpha value is -2.49. The topological polar surface area (TPSA) is 37.8 Å². The maximum absolute atomic E-state index is 13.2. The van der Waals surface area contributed by atoms with E-state index in [-0.39, 0.29) is 5.82 Å². The van der Waals surface area contributed by atoms with Crippen LogP contribution in [0, 0.1) is 5.82 Å². The Morgan fingerprint density at radius 1 is 1.00 bits per heavy atom. The zero-order chi connectivity index (χ0) is 17.1. The van der Waals surface area contributed by atoms with Crippen molar-refractivity contribution in [1.29, 1.82) is 0 Å². The lowest BCUT2D eigenvalue weighted by Crippen LogP contribution is -2.23. The third kappa shape index (κ3) is 3.63. The van der Waals surface area contributed by atoms with Gasteiger partial charge < -0.3 is 5.32 Å². The Balaban J connectivity index is 1.69. The van der Waals surface area contributed by atoms with Crippen LogP contribution in [0.15, 0.2) is 36.7 Å². The first-order valence-electron chi connectivity index (χ1n) is 9.04. The lowest BCUT2D eigenvalue weighted by Gasteiger charge is -2.24. The summed E-state index contributed by atoms with van der Waals surface area (Å²) in [5.41, 5.74) is 4.15. The van der Waals surface area contributed by atoms with E-state index < -0.39 is 0 Å². The summed E-state index contributed by atoms with van der Waals surface area (Å²) in [6, 6.07) is 7.17. The molecule has 2 aliphatic carbocycles. The van der Waals surface area contributed by atoms with Crippen molar-refractivity contribution < 1.29 is 4.39 Å². The van der Waals surface area contributed by atoms with Gasteiger partial charge in [0.05, 0.1) is 5.69 Å². The van der Waals surface area contributed by atoms with Crippen LogP contribution in [0.25, 0.3) is 17.7 Å². The van der Waals surface area contributed by atoms with Crippen molar-refractivity contribution in [2.75, 3.05) is 5.32 Å². The average Bonchev–Trinajstić information content (AvgIpc) is 2.87. The van der Waals surface area contributed by atoms with E-state index in [1.54, 1.807) is 6.33 Å². The molecule has 1 aromatic carbocycles. The minimum atomic E-state index is -0.211. The normalized spacial score (nSPS) is 17.6. The summed E-state index contributed by atoms with van der Waals surface area (Å²) < 4.78 is 13.2. The molecule has 1 heterocycles. The molecule has 128 valence electrons. The molecule has 4 heteroatoms. The van der Waals surface area contributed by atoms with Gasteiger partial charge in [-0.15, -0.1) is 0 Å². The minimum absolute atomic E-state index is 0.211. The van der Waals surface area contributed by atoms with Crippen molar-refractivity contribution in [3.8, 4) is 0 Å². The largest absolute Gasteiger partial charge is 0.367 e. The number of allylic oxidation sites excluding steroid dienone is 2. The van der Waals surface area contributed by atoms with Crippen molar-refractivity contribution >= 4 is 23.5 Å². The van der Waals surface area contributed by atoms with Crippen LogP contribution in [0.4, 0.5) is 10.2 Å². The Morgan fingerprint density at radius 3 is 2.60 bits per heavy atom. The van der Waals surface area contributed by atoms with Gasteiger partial charge in [-0.25, -0.2) is 14.4 Å². The molecule has 2 aromatic rings. The number of aromatic nitrogens is 2. The van der Waals surface area contributed by atoms with Crippen LogP contribution in [0.2, 0.25) is 0 Å². The zero-order valence-corrected chi connectivity index (χ0v) is 14.2. The van der Waals surface area contributed by atoms with E-state index in [0.717, 1.165) is 34.6 Å². The summed E-state index contributed by atoms with van der Waals surface area (Å²) in [7, 11) is 0. The quantitative estimate of drug-likeness (QED) is 0.825. The van der Waals surface area contributed by atoms with E-state index >= 15 is 0 Å². The van der Waals surface area contributed by atoms with Gasteiger partial charge in [-0.05, 0) is 54.7 Å². The Kier molecular flexibility index (Phi) is 4.59. The Bertz CT molecular complexity index is 802. The molecule has 0 unspecified atom stereocenters. The molecule has 0 radical (unpaired) electrons. The monoisotopic (exact) mass is 335 g/mol. The summed E-state index contributed by atoms with van der Waals surface area (Å²) in [4.78, 5) is 8.94. The highest BCUT2D eigenvalue weighted by Gasteiger charge is 2.17. The van der Waals surface area contributed by atoms with Crippen LogP contribution >= 0.6 is 0 Å². The van der Waals surface area contributed by atoms with Crippen LogP contribution in [-0.4, -0.2) is 16.0 Å². The molecule has 0 bridgehead atoms. The number of hydrogen-bond acceptors (Lipinski definition) is 3. The summed E-state index contributed by atoms with van der Waals surface area (Å²) in [6.07, 6.45) is 15.0. The van der Waals surface area contributed by atoms with Crippen molar-refractivity contribution in [3.63, 3.8) is 0 Å². The number of fused-ring (bicyclic) bond motifs is 1. The van der Waals surface area contributed by atoms with Crippen LogP contribution in [-0.2, 0) is 0 Å². The highest BCUT2D eigenvalue weighted by atomic mass is 19.1. The number of nitrogens with zero attached hydrogens (tertiary/aromatic N) is 2. The molecule has 1 fully saturated rings. The Morgan fingerprint density at radius 2 is 1.80 bits per heavy atom. The van der Waals surface area contributed by atoms with Crippen LogP contribution in [0.1, 0.15) is 55.3 Å². The maximum Gasteiger partial charge on any atom is 0.137 e. The predicted octanol–water partition coefficient (Wildman–Crippen LogP) is 5.32. The van der Waals surface area contributed by atoms with E-state index in [1.165, 1.54) is 44.2 Å². The molecular weight excluding hydrogens is 313 g/mol. The molecule has 0 aliphatic heterocycles. The average molecular weight is 335 g/mol. The van der Waals surface area contributed by atoms with Gasteiger partial charge in [0.1, 0.15) is 18.0 Å². The molecule has 0 amide bonds. The summed E-state index contributed by atoms with van der Waals surface area (Å²) >= 11 is 0. The molecule has 2 aliphatic rings. The number of hydrogen-bond donors (Lipinski definition) is 1. The first kappa shape index (κ1) is 16.0. The standard InChI is InChI=1S/C21H22FN3/c22-17-11-9-15(10-12-17)16-5-4-8-20-19(13-16)21(24-14-23-20)25-18-6-2-1-3-7-18/h4,8-14,18H,1-3,5-7H2,(H,23,24,25). The van der Waals surface area contributed by atoms with E-state index in [4.69, 9.17) is 0 Å². The fraction of sp³-hybridized carbons (Fsp3) is 0.333. The van der Waals surface area contributed by atoms with E-state index in [9.17, 15) is 4.39 Å². The van der Waals surface area contributed by atoms with Gasteiger partial charge in [0.25, 0.3) is 0 Å². The highest BCUT2D eigenvalue weighted by Crippen LogP contribution is 2.31. The van der Waals surface area contributed by atoms with Crippen molar-refractivity contribution in [2.45, 2.75) is 44.6 Å². The van der Waals surface area contributed by atoms with E-state index in [0.29, 0.717) is 6.04 Å². The minimum Gasteiger partial charge on any atom is -0.367 e. The third-order valence-corrected chi connectivity index (χ3v) is 5.01. The molecule has 4 rings (SSSR count). The van der Waals surface area contributed by atoms with Crippen molar-refractivity contribution in [1.82, 2.24) is 9.97 Å². The second-order valence-electron chi connectivity index (χ2n) is 6.78. The second-order valence-corrected chi connectivity index (χ2v) is 6.78. The van der Waals surface area contributed by atoms with Crippen LogP contribution in [0.5, 0.6) is 0 Å². The van der Waals surface area contributed by atoms with Crippen LogP contribution in [0.3, 0.4) is 0 Å². The highest BCUT2D eigenvalue weighted by molar-refractivity contribution is 5.89. The third-order valence-electron chi connectivity index (χ3n) is 5.01. The smallest absolute Gasteiger partial charge is 0.137 e. The van der Waals surface area contributed by atoms with E-state index in [1.807, 2.05) is 12.1 Å². The number of anilines is 1. The summed E-state index contributed by atoms with van der Waals surface area (Å²) in [5.74, 6) is 0.694. The predicted molar refractivity (Wildman–Crippen MR) is 100 cm³/mol. The number of rotatable bonds is 3. The number of nitrogens with one attached hydrogen (secondary N) is 1. The van der Waals surface area contributed by atoms with Gasteiger partial charge >= 0.3 is 0 Å². The van der Waals surface area contributed by atoms with Gasteiger partial charge in [0, 0.05) is 11.6 Å². The molecule has 25 heavy (non-hydrogen) atoms. The zero-order valence-electron chi connectivity index (χ0n) is 14.2. The van der Waals surface area contributed by atoms with Gasteiger partial charge in [-0.3, -0.25) is 0 Å². The summed E-state index contributed by atoms with van der Waals surface area (Å²) in [5, 5.41) is 3.63. The number of benzene rings is 1. The maximum atomic E-state index is 13.2. The lowest BCUT2D eigenvalue weighted by atomic mass is 9.95. The molecular formula is C21H22FN3. The SMILES string of the molecule is Fc1ccc(C2=Cc3c(ncnc3NC3CCCCC3)C=CC2)cc1. The second kappa shape index (κ2) is 7.18. The van der Waals surface area contributed by atoms with Crippen molar-refractivity contribution in [2.24, 2.45) is 0 Å². The van der Waals surface area contributed by atoms with E-state index in [2.05, 4.69) is 33.5 Å². The first-order valence-corrected chi connectivity index (χ1v) is 9.04. The van der Waals surface area contributed by atoms with Gasteiger partial charge in [0.15, 0.2) is 0 Å². The van der Waals surface area contributed by atoms with Crippen LogP contribution < -0.4 is 5.32 Å². The fourth-order valence-corrected chi connectivity index (χ4v) is 3.64. The molecule has 1 saturated carbocycles. The molecule has 1 N–H and O–H groups in total. The lowest BCUT2D eigenvalue weighted by molar-refractivity contribution is 0.461. The number of halogens is 1.